The summed E-state index contributed by atoms with van der Waals surface area (Å²) in [6, 6.07) is 0.647. The highest BCUT2D eigenvalue weighted by Crippen LogP contribution is 2.05. The molecule has 2 rings (SSSR count). The molecule has 5 heteroatoms. The van der Waals surface area contributed by atoms with Crippen molar-refractivity contribution in [2.24, 2.45) is 0 Å². The molecule has 2 N–H and O–H groups in total. The summed E-state index contributed by atoms with van der Waals surface area (Å²) in [5.74, 6) is 0. The maximum absolute atomic E-state index is 4.19. The Labute approximate surface area is 92.2 Å². The second kappa shape index (κ2) is 4.91. The fourth-order valence-electron chi connectivity index (χ4n) is 1.67. The Hall–Kier alpha value is -0.390. The van der Waals surface area contributed by atoms with Gasteiger partial charge in [0.2, 0.25) is 0 Å². The minimum absolute atomic E-state index is 0.647. The van der Waals surface area contributed by atoms with Gasteiger partial charge in [-0.3, -0.25) is 4.68 Å². The molecule has 1 unspecified atom stereocenters. The molecule has 0 bridgehead atoms. The minimum atomic E-state index is 0.647. The molecular formula is C9H15BrN4. The fourth-order valence-corrected chi connectivity index (χ4v) is 2.00. The molecule has 0 radical (unpaired) electrons. The first kappa shape index (κ1) is 10.1. The van der Waals surface area contributed by atoms with Crippen LogP contribution in [0, 0.1) is 0 Å². The second-order valence-corrected chi connectivity index (χ2v) is 4.48. The van der Waals surface area contributed by atoms with E-state index in [1.165, 1.54) is 6.42 Å². The molecule has 0 amide bonds. The van der Waals surface area contributed by atoms with Gasteiger partial charge in [0, 0.05) is 25.3 Å². The summed E-state index contributed by atoms with van der Waals surface area (Å²) < 4.78 is 2.99. The number of nitrogens with one attached hydrogen (secondary N) is 2. The van der Waals surface area contributed by atoms with Crippen molar-refractivity contribution in [2.45, 2.75) is 19.0 Å². The monoisotopic (exact) mass is 258 g/mol. The molecule has 14 heavy (non-hydrogen) atoms. The molecule has 1 aromatic rings. The smallest absolute Gasteiger partial charge is 0.0632 e. The summed E-state index contributed by atoms with van der Waals surface area (Å²) in [6.07, 6.45) is 5.05. The highest BCUT2D eigenvalue weighted by Gasteiger charge is 2.12. The minimum Gasteiger partial charge on any atom is -0.315 e. The van der Waals surface area contributed by atoms with Gasteiger partial charge in [0.15, 0.2) is 0 Å². The highest BCUT2D eigenvalue weighted by molar-refractivity contribution is 9.10. The zero-order chi connectivity index (χ0) is 9.80. The van der Waals surface area contributed by atoms with E-state index in [-0.39, 0.29) is 0 Å². The molecule has 0 spiro atoms. The van der Waals surface area contributed by atoms with E-state index in [2.05, 4.69) is 31.7 Å². The molecule has 0 saturated carbocycles. The van der Waals surface area contributed by atoms with Gasteiger partial charge in [-0.1, -0.05) is 0 Å². The molecule has 1 fully saturated rings. The van der Waals surface area contributed by atoms with E-state index in [4.69, 9.17) is 0 Å². The second-order valence-electron chi connectivity index (χ2n) is 3.57. The molecule has 1 aliphatic heterocycles. The average molecular weight is 259 g/mol. The van der Waals surface area contributed by atoms with Crippen LogP contribution < -0.4 is 10.6 Å². The summed E-state index contributed by atoms with van der Waals surface area (Å²) in [4.78, 5) is 0. The van der Waals surface area contributed by atoms with E-state index < -0.39 is 0 Å². The summed E-state index contributed by atoms with van der Waals surface area (Å²) in [5, 5.41) is 11.0. The first-order valence-corrected chi connectivity index (χ1v) is 5.76. The molecule has 1 saturated heterocycles. The van der Waals surface area contributed by atoms with E-state index in [0.717, 1.165) is 30.7 Å². The lowest BCUT2D eigenvalue weighted by atomic mass is 10.2. The van der Waals surface area contributed by atoms with Gasteiger partial charge < -0.3 is 10.6 Å². The summed E-state index contributed by atoms with van der Waals surface area (Å²) in [5.41, 5.74) is 0. The van der Waals surface area contributed by atoms with Crippen LogP contribution in [0.1, 0.15) is 6.42 Å². The van der Waals surface area contributed by atoms with E-state index in [9.17, 15) is 0 Å². The number of hydrogen-bond acceptors (Lipinski definition) is 3. The third-order valence-electron chi connectivity index (χ3n) is 2.44. The Balaban J connectivity index is 1.67. The molecule has 1 aliphatic rings. The highest BCUT2D eigenvalue weighted by atomic mass is 79.9. The molecule has 0 aromatic carbocycles. The van der Waals surface area contributed by atoms with Gasteiger partial charge in [0.1, 0.15) is 0 Å². The third-order valence-corrected chi connectivity index (χ3v) is 2.85. The van der Waals surface area contributed by atoms with Crippen LogP contribution in [0.15, 0.2) is 16.9 Å². The number of rotatable bonds is 4. The van der Waals surface area contributed by atoms with Crippen LogP contribution in [-0.2, 0) is 6.54 Å². The Morgan fingerprint density at radius 3 is 3.29 bits per heavy atom. The van der Waals surface area contributed by atoms with Crippen molar-refractivity contribution in [3.05, 3.63) is 16.9 Å². The van der Waals surface area contributed by atoms with Gasteiger partial charge in [0.05, 0.1) is 17.2 Å². The van der Waals surface area contributed by atoms with Crippen LogP contribution in [0.2, 0.25) is 0 Å². The zero-order valence-electron chi connectivity index (χ0n) is 8.04. The van der Waals surface area contributed by atoms with Crippen LogP contribution in [0.25, 0.3) is 0 Å². The summed E-state index contributed by atoms with van der Waals surface area (Å²) >= 11 is 3.38. The topological polar surface area (TPSA) is 41.9 Å². The van der Waals surface area contributed by atoms with Gasteiger partial charge in [-0.25, -0.2) is 0 Å². The predicted molar refractivity (Wildman–Crippen MR) is 59.2 cm³/mol. The Morgan fingerprint density at radius 2 is 2.64 bits per heavy atom. The van der Waals surface area contributed by atoms with Crippen molar-refractivity contribution < 1.29 is 0 Å². The number of nitrogens with zero attached hydrogens (tertiary/aromatic N) is 2. The van der Waals surface area contributed by atoms with Crippen LogP contribution in [0.4, 0.5) is 0 Å². The van der Waals surface area contributed by atoms with Crippen molar-refractivity contribution in [2.75, 3.05) is 19.6 Å². The normalized spacial score (nSPS) is 21.6. The van der Waals surface area contributed by atoms with Gasteiger partial charge in [-0.2, -0.15) is 5.10 Å². The first-order valence-electron chi connectivity index (χ1n) is 4.96. The molecule has 1 atom stereocenters. The van der Waals surface area contributed by atoms with E-state index >= 15 is 0 Å². The molecule has 1 aromatic heterocycles. The molecule has 4 nitrogen and oxygen atoms in total. The Morgan fingerprint density at radius 1 is 1.71 bits per heavy atom. The van der Waals surface area contributed by atoms with Crippen molar-refractivity contribution in [3.63, 3.8) is 0 Å². The summed E-state index contributed by atoms with van der Waals surface area (Å²) in [6.45, 7) is 4.16. The van der Waals surface area contributed by atoms with Gasteiger partial charge in [0.25, 0.3) is 0 Å². The maximum Gasteiger partial charge on any atom is 0.0632 e. The van der Waals surface area contributed by atoms with E-state index in [1.54, 1.807) is 0 Å². The number of aromatic nitrogens is 2. The molecule has 2 heterocycles. The van der Waals surface area contributed by atoms with Crippen LogP contribution in [0.3, 0.4) is 0 Å². The average Bonchev–Trinajstić information content (AvgIpc) is 2.77. The van der Waals surface area contributed by atoms with Crippen molar-refractivity contribution in [1.29, 1.82) is 0 Å². The van der Waals surface area contributed by atoms with E-state index in [1.807, 2.05) is 17.1 Å². The summed E-state index contributed by atoms with van der Waals surface area (Å²) in [7, 11) is 0. The molecule has 78 valence electrons. The van der Waals surface area contributed by atoms with Crippen molar-refractivity contribution >= 4 is 15.9 Å². The lowest BCUT2D eigenvalue weighted by Gasteiger charge is -2.10. The van der Waals surface area contributed by atoms with Gasteiger partial charge in [-0.15, -0.1) is 0 Å². The third kappa shape index (κ3) is 2.80. The van der Waals surface area contributed by atoms with E-state index in [0.29, 0.717) is 6.04 Å². The Kier molecular flexibility index (Phi) is 3.55. The standard InChI is InChI=1S/C9H15BrN4/c10-8-5-13-14(7-8)4-3-12-9-1-2-11-6-9/h5,7,9,11-12H,1-4,6H2. The van der Waals surface area contributed by atoms with Crippen LogP contribution in [-0.4, -0.2) is 35.5 Å². The van der Waals surface area contributed by atoms with Gasteiger partial charge >= 0.3 is 0 Å². The van der Waals surface area contributed by atoms with Crippen molar-refractivity contribution in [3.8, 4) is 0 Å². The largest absolute Gasteiger partial charge is 0.315 e. The molecular weight excluding hydrogens is 244 g/mol. The first-order chi connectivity index (χ1) is 6.84. The predicted octanol–water partition coefficient (Wildman–Crippen LogP) is 0.597. The van der Waals surface area contributed by atoms with Crippen LogP contribution in [0.5, 0.6) is 0 Å². The number of hydrogen-bond donors (Lipinski definition) is 2. The van der Waals surface area contributed by atoms with Crippen molar-refractivity contribution in [1.82, 2.24) is 20.4 Å². The lowest BCUT2D eigenvalue weighted by Crippen LogP contribution is -2.33. The van der Waals surface area contributed by atoms with Gasteiger partial charge in [-0.05, 0) is 28.9 Å². The zero-order valence-corrected chi connectivity index (χ0v) is 9.63. The SMILES string of the molecule is Brc1cnn(CCNC2CCNC2)c1. The lowest BCUT2D eigenvalue weighted by molar-refractivity contribution is 0.494. The maximum atomic E-state index is 4.19. The molecule has 0 aliphatic carbocycles. The Bertz CT molecular complexity index is 280. The quantitative estimate of drug-likeness (QED) is 0.832. The fraction of sp³-hybridized carbons (Fsp3) is 0.667. The number of halogens is 1. The van der Waals surface area contributed by atoms with Crippen LogP contribution >= 0.6 is 15.9 Å².